The number of anilines is 1. The van der Waals surface area contributed by atoms with Gasteiger partial charge in [-0.05, 0) is 20.3 Å². The van der Waals surface area contributed by atoms with Gasteiger partial charge in [-0.3, -0.25) is 0 Å². The van der Waals surface area contributed by atoms with Gasteiger partial charge < -0.3 is 14.4 Å². The lowest BCUT2D eigenvalue weighted by Crippen LogP contribution is -2.31. The topological polar surface area (TPSA) is 66.6 Å². The first kappa shape index (κ1) is 11.6. The molecule has 0 fully saturated rings. The van der Waals surface area contributed by atoms with Crippen molar-refractivity contribution in [1.82, 2.24) is 4.98 Å². The normalized spacial score (nSPS) is 10.7. The second kappa shape index (κ2) is 4.82. The molecule has 1 N–H and O–H groups in total. The summed E-state index contributed by atoms with van der Waals surface area (Å²) in [6.45, 7) is 6.88. The Bertz CT molecular complexity index is 333. The van der Waals surface area contributed by atoms with Gasteiger partial charge in [0, 0.05) is 12.6 Å². The number of rotatable bonds is 5. The van der Waals surface area contributed by atoms with E-state index in [9.17, 15) is 4.79 Å². The lowest BCUT2D eigenvalue weighted by Gasteiger charge is -2.23. The third kappa shape index (κ3) is 2.71. The fourth-order valence-corrected chi connectivity index (χ4v) is 1.31. The molecule has 5 heteroatoms. The molecule has 84 valence electrons. The minimum absolute atomic E-state index is 0.0493. The lowest BCUT2D eigenvalue weighted by atomic mass is 10.3. The molecule has 0 spiro atoms. The Morgan fingerprint density at radius 3 is 2.73 bits per heavy atom. The highest BCUT2D eigenvalue weighted by Gasteiger charge is 2.17. The van der Waals surface area contributed by atoms with Crippen LogP contribution in [0.5, 0.6) is 0 Å². The van der Waals surface area contributed by atoms with Gasteiger partial charge in [0.15, 0.2) is 5.69 Å². The summed E-state index contributed by atoms with van der Waals surface area (Å²) in [6.07, 6.45) is 2.13. The Kier molecular flexibility index (Phi) is 3.71. The molecule has 0 aromatic carbocycles. The Balaban J connectivity index is 2.86. The summed E-state index contributed by atoms with van der Waals surface area (Å²) in [5.41, 5.74) is -0.0493. The van der Waals surface area contributed by atoms with Gasteiger partial charge in [-0.25, -0.2) is 4.79 Å². The van der Waals surface area contributed by atoms with Gasteiger partial charge >= 0.3 is 5.97 Å². The van der Waals surface area contributed by atoms with Gasteiger partial charge in [-0.1, -0.05) is 6.92 Å². The van der Waals surface area contributed by atoms with Gasteiger partial charge in [0.05, 0.1) is 0 Å². The SMILES string of the molecule is CCCN(c1nc(C(=O)O)co1)C(C)C. The predicted octanol–water partition coefficient (Wildman–Crippen LogP) is 2.00. The van der Waals surface area contributed by atoms with E-state index < -0.39 is 5.97 Å². The molecule has 0 atom stereocenters. The molecular formula is C10H16N2O3. The zero-order chi connectivity index (χ0) is 11.4. The fourth-order valence-electron chi connectivity index (χ4n) is 1.31. The van der Waals surface area contributed by atoms with Crippen molar-refractivity contribution < 1.29 is 14.3 Å². The number of hydrogen-bond acceptors (Lipinski definition) is 4. The monoisotopic (exact) mass is 212 g/mol. The van der Waals surface area contributed by atoms with Crippen LogP contribution in [0.1, 0.15) is 37.7 Å². The molecule has 0 aliphatic carbocycles. The van der Waals surface area contributed by atoms with Gasteiger partial charge in [0.25, 0.3) is 6.01 Å². The first-order valence-corrected chi connectivity index (χ1v) is 5.01. The van der Waals surface area contributed by atoms with Gasteiger partial charge in [0.1, 0.15) is 6.26 Å². The van der Waals surface area contributed by atoms with Crippen LogP contribution in [0.25, 0.3) is 0 Å². The van der Waals surface area contributed by atoms with Gasteiger partial charge in [0.2, 0.25) is 0 Å². The van der Waals surface area contributed by atoms with Crippen molar-refractivity contribution >= 4 is 12.0 Å². The Labute approximate surface area is 88.7 Å². The summed E-state index contributed by atoms with van der Waals surface area (Å²) in [4.78, 5) is 16.5. The second-order valence-electron chi connectivity index (χ2n) is 3.61. The van der Waals surface area contributed by atoms with Crippen LogP contribution in [0.3, 0.4) is 0 Å². The van der Waals surface area contributed by atoms with Crippen molar-refractivity contribution in [2.24, 2.45) is 0 Å². The number of aromatic carboxylic acids is 1. The van der Waals surface area contributed by atoms with Crippen molar-refractivity contribution in [2.45, 2.75) is 33.2 Å². The van der Waals surface area contributed by atoms with Crippen LogP contribution >= 0.6 is 0 Å². The number of aromatic nitrogens is 1. The predicted molar refractivity (Wildman–Crippen MR) is 56.2 cm³/mol. The summed E-state index contributed by atoms with van der Waals surface area (Å²) in [6, 6.07) is 0.620. The summed E-state index contributed by atoms with van der Waals surface area (Å²) in [5.74, 6) is -1.06. The number of carboxylic acids is 1. The third-order valence-corrected chi connectivity index (χ3v) is 2.04. The maximum atomic E-state index is 10.6. The van der Waals surface area contributed by atoms with E-state index in [2.05, 4.69) is 11.9 Å². The zero-order valence-electron chi connectivity index (χ0n) is 9.23. The zero-order valence-corrected chi connectivity index (χ0v) is 9.23. The van der Waals surface area contributed by atoms with E-state index in [0.717, 1.165) is 13.0 Å². The molecule has 0 unspecified atom stereocenters. The molecule has 0 aliphatic heterocycles. The van der Waals surface area contributed by atoms with E-state index >= 15 is 0 Å². The molecule has 0 amide bonds. The van der Waals surface area contributed by atoms with Crippen LogP contribution in [0.15, 0.2) is 10.7 Å². The molecule has 5 nitrogen and oxygen atoms in total. The van der Waals surface area contributed by atoms with Crippen LogP contribution < -0.4 is 4.90 Å². The largest absolute Gasteiger partial charge is 0.476 e. The molecule has 0 saturated heterocycles. The molecule has 1 rings (SSSR count). The Morgan fingerprint density at radius 2 is 2.33 bits per heavy atom. The summed E-state index contributed by atoms with van der Waals surface area (Å²) < 4.78 is 5.14. The van der Waals surface area contributed by atoms with Crippen LogP contribution in [0, 0.1) is 0 Å². The van der Waals surface area contributed by atoms with E-state index in [1.54, 1.807) is 0 Å². The Morgan fingerprint density at radius 1 is 1.67 bits per heavy atom. The van der Waals surface area contributed by atoms with Crippen LogP contribution in [-0.4, -0.2) is 28.6 Å². The molecule has 1 heterocycles. The standard InChI is InChI=1S/C10H16N2O3/c1-4-5-12(7(2)3)10-11-8(6-15-10)9(13)14/h6-7H,4-5H2,1-3H3,(H,13,14). The molecule has 1 aromatic heterocycles. The minimum Gasteiger partial charge on any atom is -0.476 e. The molecule has 0 bridgehead atoms. The first-order chi connectivity index (χ1) is 7.06. The van der Waals surface area contributed by atoms with E-state index in [-0.39, 0.29) is 11.7 Å². The van der Waals surface area contributed by atoms with Crippen molar-refractivity contribution in [1.29, 1.82) is 0 Å². The van der Waals surface area contributed by atoms with Crippen LogP contribution in [0.2, 0.25) is 0 Å². The molecule has 1 aromatic rings. The van der Waals surface area contributed by atoms with E-state index in [1.165, 1.54) is 6.26 Å². The van der Waals surface area contributed by atoms with Crippen LogP contribution in [-0.2, 0) is 0 Å². The maximum Gasteiger partial charge on any atom is 0.357 e. The van der Waals surface area contributed by atoms with Crippen LogP contribution in [0.4, 0.5) is 6.01 Å². The first-order valence-electron chi connectivity index (χ1n) is 5.01. The third-order valence-electron chi connectivity index (χ3n) is 2.04. The van der Waals surface area contributed by atoms with E-state index in [0.29, 0.717) is 6.01 Å². The maximum absolute atomic E-state index is 10.6. The second-order valence-corrected chi connectivity index (χ2v) is 3.61. The minimum atomic E-state index is -1.06. The average Bonchev–Trinajstić information content (AvgIpc) is 2.62. The van der Waals surface area contributed by atoms with Gasteiger partial charge in [-0.15, -0.1) is 0 Å². The highest BCUT2D eigenvalue weighted by molar-refractivity contribution is 5.85. The number of oxazole rings is 1. The van der Waals surface area contributed by atoms with E-state index in [1.807, 2.05) is 18.7 Å². The van der Waals surface area contributed by atoms with Crippen molar-refractivity contribution in [3.8, 4) is 0 Å². The van der Waals surface area contributed by atoms with Crippen molar-refractivity contribution in [3.05, 3.63) is 12.0 Å². The average molecular weight is 212 g/mol. The van der Waals surface area contributed by atoms with E-state index in [4.69, 9.17) is 9.52 Å². The molecule has 0 aliphatic rings. The molecular weight excluding hydrogens is 196 g/mol. The molecule has 0 radical (unpaired) electrons. The number of nitrogens with zero attached hydrogens (tertiary/aromatic N) is 2. The smallest absolute Gasteiger partial charge is 0.357 e. The number of hydrogen-bond donors (Lipinski definition) is 1. The number of carboxylic acid groups (broad SMARTS) is 1. The molecule has 0 saturated carbocycles. The van der Waals surface area contributed by atoms with Gasteiger partial charge in [-0.2, -0.15) is 4.98 Å². The lowest BCUT2D eigenvalue weighted by molar-refractivity contribution is 0.0690. The van der Waals surface area contributed by atoms with Crippen molar-refractivity contribution in [2.75, 3.05) is 11.4 Å². The van der Waals surface area contributed by atoms with Crippen molar-refractivity contribution in [3.63, 3.8) is 0 Å². The summed E-state index contributed by atoms with van der Waals surface area (Å²) >= 11 is 0. The summed E-state index contributed by atoms with van der Waals surface area (Å²) in [7, 11) is 0. The highest BCUT2D eigenvalue weighted by Crippen LogP contribution is 2.16. The summed E-state index contributed by atoms with van der Waals surface area (Å²) in [5, 5.41) is 8.71. The number of carbonyl (C=O) groups is 1. The fraction of sp³-hybridized carbons (Fsp3) is 0.600. The Hall–Kier alpha value is -1.52. The quantitative estimate of drug-likeness (QED) is 0.808. The highest BCUT2D eigenvalue weighted by atomic mass is 16.4. The molecule has 15 heavy (non-hydrogen) atoms.